The molecule has 0 aromatic heterocycles. The third-order valence-electron chi connectivity index (χ3n) is 0. The van der Waals surface area contributed by atoms with Gasteiger partial charge in [0.05, 0.1) is 0 Å². The van der Waals surface area contributed by atoms with E-state index in [4.69, 9.17) is 0 Å². The zero-order chi connectivity index (χ0) is 7.15. The van der Waals surface area contributed by atoms with E-state index in [1.165, 1.54) is 11.8 Å². The molecule has 0 nitrogen and oxygen atoms in total. The Morgan fingerprint density at radius 1 is 0.385 bits per heavy atom. The van der Waals surface area contributed by atoms with Crippen molar-refractivity contribution in [2.45, 2.75) is 41.5 Å². The normalized spacial score (nSPS) is 5.54. The predicted molar refractivity (Wildman–Crippen MR) is 40.5 cm³/mol. The van der Waals surface area contributed by atoms with E-state index in [0.29, 0.717) is 0 Å². The molecule has 0 fully saturated rings. The molecule has 0 amide bonds. The Bertz CT molecular complexity index is 28.0. The third-order valence-corrected chi connectivity index (χ3v) is 0. The van der Waals surface area contributed by atoms with E-state index in [1.54, 1.807) is 0 Å². The molecule has 0 bridgehead atoms. The quantitative estimate of drug-likeness (QED) is 0.328. The average molecular weight is 1030 g/mol. The molecule has 0 radical (unpaired) electrons. The molecule has 5 heteroatoms. The van der Waals surface area contributed by atoms with Crippen LogP contribution in [0.15, 0.2) is 0 Å². The van der Waals surface area contributed by atoms with Gasteiger partial charge in [0.25, 0.3) is 0 Å². The second-order valence-corrected chi connectivity index (χ2v) is 3.00. The fourth-order valence-corrected chi connectivity index (χ4v) is 0. The molecule has 0 aliphatic carbocycles. The van der Waals surface area contributed by atoms with Gasteiger partial charge in [-0.25, -0.2) is 0 Å². The molecule has 0 rings (SSSR count). The van der Waals surface area contributed by atoms with E-state index in [-0.39, 0.29) is 105 Å². The van der Waals surface area contributed by atoms with Gasteiger partial charge in [-0.15, -0.1) is 0 Å². The first-order chi connectivity index (χ1) is 3.46. The van der Waals surface area contributed by atoms with Crippen LogP contribution in [-0.2, 0) is 105 Å². The molecule has 0 saturated heterocycles. The SMILES string of the molecule is C[C-](C)C.C[C-](C)C.[W].[W].[W].[W].[W]. The van der Waals surface area contributed by atoms with Crippen LogP contribution in [0.3, 0.4) is 0 Å². The van der Waals surface area contributed by atoms with Crippen molar-refractivity contribution in [3.8, 4) is 0 Å². The summed E-state index contributed by atoms with van der Waals surface area (Å²) in [5.41, 5.74) is 0. The fraction of sp³-hybridized carbons (Fsp3) is 0.750. The first-order valence-corrected chi connectivity index (χ1v) is 3.00. The van der Waals surface area contributed by atoms with Gasteiger partial charge in [0.1, 0.15) is 0 Å². The van der Waals surface area contributed by atoms with Gasteiger partial charge in [-0.3, -0.25) is 0 Å². The molecule has 0 heterocycles. The summed E-state index contributed by atoms with van der Waals surface area (Å²) in [5, 5.41) is 0. The van der Waals surface area contributed by atoms with E-state index in [9.17, 15) is 0 Å². The maximum atomic E-state index is 2.08. The summed E-state index contributed by atoms with van der Waals surface area (Å²) in [6.45, 7) is 12.5. The summed E-state index contributed by atoms with van der Waals surface area (Å²) in [7, 11) is 0. The van der Waals surface area contributed by atoms with Crippen LogP contribution < -0.4 is 0 Å². The topological polar surface area (TPSA) is 0 Å². The van der Waals surface area contributed by atoms with Gasteiger partial charge in [0, 0.05) is 105 Å². The van der Waals surface area contributed by atoms with Gasteiger partial charge in [0.15, 0.2) is 0 Å². The number of hydrogen-bond acceptors (Lipinski definition) is 0. The Morgan fingerprint density at radius 2 is 0.385 bits per heavy atom. The maximum Gasteiger partial charge on any atom is 0 e. The Hall–Kier alpha value is 3.44. The Labute approximate surface area is 156 Å². The smallest absolute Gasteiger partial charge is 0 e. The van der Waals surface area contributed by atoms with Crippen LogP contribution in [0.5, 0.6) is 0 Å². The van der Waals surface area contributed by atoms with Crippen LogP contribution in [0, 0.1) is 11.8 Å². The van der Waals surface area contributed by atoms with Crippen molar-refractivity contribution < 1.29 is 105 Å². The molecule has 82 valence electrons. The first kappa shape index (κ1) is 44.0. The molecule has 0 atom stereocenters. The second-order valence-electron chi connectivity index (χ2n) is 3.00. The van der Waals surface area contributed by atoms with Crippen molar-refractivity contribution in [2.75, 3.05) is 0 Å². The van der Waals surface area contributed by atoms with Crippen molar-refractivity contribution in [3.05, 3.63) is 11.8 Å². The fourth-order valence-electron chi connectivity index (χ4n) is 0. The van der Waals surface area contributed by atoms with Gasteiger partial charge in [-0.1, -0.05) is 0 Å². The third kappa shape index (κ3) is 236. The van der Waals surface area contributed by atoms with E-state index in [0.717, 1.165) is 0 Å². The van der Waals surface area contributed by atoms with Crippen LogP contribution in [0.1, 0.15) is 41.5 Å². The Kier molecular flexibility index (Phi) is 122. The first-order valence-electron chi connectivity index (χ1n) is 3.00. The maximum absolute atomic E-state index is 2.08. The van der Waals surface area contributed by atoms with Crippen LogP contribution in [0.2, 0.25) is 0 Å². The van der Waals surface area contributed by atoms with Crippen molar-refractivity contribution in [2.24, 2.45) is 0 Å². The zero-order valence-electron chi connectivity index (χ0n) is 9.04. The minimum atomic E-state index is 0. The molecule has 0 aromatic rings. The Balaban J connectivity index is -0.00000000800. The van der Waals surface area contributed by atoms with Crippen molar-refractivity contribution in [3.63, 3.8) is 0 Å². The van der Waals surface area contributed by atoms with Crippen LogP contribution >= 0.6 is 0 Å². The van der Waals surface area contributed by atoms with Gasteiger partial charge >= 0.3 is 0 Å². The van der Waals surface area contributed by atoms with Gasteiger partial charge in [-0.05, 0) is 0 Å². The van der Waals surface area contributed by atoms with Gasteiger partial charge in [-0.2, -0.15) is 41.5 Å². The summed E-state index contributed by atoms with van der Waals surface area (Å²) in [6.07, 6.45) is 0. The molecule has 0 spiro atoms. The van der Waals surface area contributed by atoms with E-state index in [2.05, 4.69) is 41.5 Å². The molecule has 0 aliphatic heterocycles. The largest absolute Gasteiger partial charge is 0.323 e. The molecule has 0 aliphatic rings. The molecule has 0 saturated carbocycles. The molecule has 13 heavy (non-hydrogen) atoms. The van der Waals surface area contributed by atoms with E-state index in [1.807, 2.05) is 0 Å². The summed E-state index contributed by atoms with van der Waals surface area (Å²) in [4.78, 5) is 0. The molecule has 0 unspecified atom stereocenters. The van der Waals surface area contributed by atoms with Crippen molar-refractivity contribution >= 4 is 0 Å². The average Bonchev–Trinajstić information content (AvgIpc) is 1.25. The van der Waals surface area contributed by atoms with Gasteiger partial charge < -0.3 is 11.8 Å². The number of hydrogen-bond donors (Lipinski definition) is 0. The van der Waals surface area contributed by atoms with Crippen LogP contribution in [0.4, 0.5) is 0 Å². The summed E-state index contributed by atoms with van der Waals surface area (Å²) >= 11 is 0. The second kappa shape index (κ2) is 36.1. The zero-order valence-corrected chi connectivity index (χ0v) is 23.7. The summed E-state index contributed by atoms with van der Waals surface area (Å²) in [5.74, 6) is 2.83. The number of rotatable bonds is 0. The monoisotopic (exact) mass is 1030 g/mol. The standard InChI is InChI=1S/2C4H9.5W/c2*1-4(2)3;;;;;/h2*1-3H3;;;;;/q2*-1;;;;;. The predicted octanol–water partition coefficient (Wildman–Crippen LogP) is 3.23. The Morgan fingerprint density at radius 3 is 0.385 bits per heavy atom. The summed E-state index contributed by atoms with van der Waals surface area (Å²) < 4.78 is 0. The summed E-state index contributed by atoms with van der Waals surface area (Å²) in [6, 6.07) is 0. The molecule has 0 aromatic carbocycles. The van der Waals surface area contributed by atoms with Crippen LogP contribution in [-0.4, -0.2) is 0 Å². The van der Waals surface area contributed by atoms with Crippen LogP contribution in [0.25, 0.3) is 0 Å². The molecular weight excluding hydrogens is 1020 g/mol. The molecule has 0 N–H and O–H groups in total. The molecular formula is C8H18W5-2. The van der Waals surface area contributed by atoms with Gasteiger partial charge in [0.2, 0.25) is 0 Å². The van der Waals surface area contributed by atoms with Crippen molar-refractivity contribution in [1.29, 1.82) is 0 Å². The minimum absolute atomic E-state index is 0. The van der Waals surface area contributed by atoms with E-state index >= 15 is 0 Å². The minimum Gasteiger partial charge on any atom is -0.323 e. The van der Waals surface area contributed by atoms with E-state index < -0.39 is 0 Å². The van der Waals surface area contributed by atoms with Crippen molar-refractivity contribution in [1.82, 2.24) is 0 Å².